The number of aliphatic carboxylic acids is 1. The van der Waals surface area contributed by atoms with Gasteiger partial charge in [-0.15, -0.1) is 0 Å². The van der Waals surface area contributed by atoms with Crippen molar-refractivity contribution in [3.05, 3.63) is 41.0 Å². The second-order valence-corrected chi connectivity index (χ2v) is 3.86. The molecule has 0 unspecified atom stereocenters. The number of fused-ring (bicyclic) bond motifs is 1. The Morgan fingerprint density at radius 3 is 2.88 bits per heavy atom. The minimum atomic E-state index is -0.982. The maximum Gasteiger partial charge on any atom is 0.328 e. The molecule has 0 spiro atoms. The molecule has 3 heteroatoms. The van der Waals surface area contributed by atoms with Crippen LogP contribution in [0.5, 0.6) is 0 Å². The Balaban J connectivity index is 2.34. The third-order valence-corrected chi connectivity index (χ3v) is 2.70. The lowest BCUT2D eigenvalue weighted by molar-refractivity contribution is -0.131. The lowest BCUT2D eigenvalue weighted by Gasteiger charge is -2.14. The molecule has 0 aliphatic heterocycles. The van der Waals surface area contributed by atoms with Gasteiger partial charge in [0.25, 0.3) is 0 Å². The first-order chi connectivity index (χ1) is 7.66. The molecular weight excluding hydrogens is 204 g/mol. The van der Waals surface area contributed by atoms with Gasteiger partial charge in [0.15, 0.2) is 5.78 Å². The van der Waals surface area contributed by atoms with Crippen molar-refractivity contribution < 1.29 is 14.7 Å². The molecule has 1 aromatic rings. The zero-order valence-electron chi connectivity index (χ0n) is 8.77. The molecule has 0 atom stereocenters. The molecule has 1 aliphatic rings. The van der Waals surface area contributed by atoms with Crippen LogP contribution < -0.4 is 0 Å². The Morgan fingerprint density at radius 2 is 2.12 bits per heavy atom. The smallest absolute Gasteiger partial charge is 0.328 e. The molecule has 1 aromatic carbocycles. The summed E-state index contributed by atoms with van der Waals surface area (Å²) in [5.41, 5.74) is 2.58. The number of carboxylic acid groups (broad SMARTS) is 1. The summed E-state index contributed by atoms with van der Waals surface area (Å²) in [4.78, 5) is 22.0. The number of carbonyl (C=O) groups excluding carboxylic acids is 1. The minimum absolute atomic E-state index is 0.159. The predicted octanol–water partition coefficient (Wildman–Crippen LogP) is 2.30. The van der Waals surface area contributed by atoms with E-state index >= 15 is 0 Å². The summed E-state index contributed by atoms with van der Waals surface area (Å²) in [7, 11) is 0. The van der Waals surface area contributed by atoms with Crippen LogP contribution >= 0.6 is 0 Å². The van der Waals surface area contributed by atoms with E-state index in [-0.39, 0.29) is 5.78 Å². The number of Topliss-reactive ketones (excluding diaryl/α,β-unsaturated/α-hetero) is 1. The molecule has 1 aliphatic carbocycles. The Hall–Kier alpha value is -1.90. The third kappa shape index (κ3) is 2.19. The SMILES string of the molecule is O=C(O)C=Cc1ccc2c(c1)C(=O)CCC2. The fourth-order valence-corrected chi connectivity index (χ4v) is 1.92. The number of aryl methyl sites for hydroxylation is 1. The van der Waals surface area contributed by atoms with Gasteiger partial charge in [-0.05, 0) is 36.1 Å². The molecule has 16 heavy (non-hydrogen) atoms. The van der Waals surface area contributed by atoms with Crippen LogP contribution in [0.1, 0.15) is 34.3 Å². The molecule has 2 rings (SSSR count). The molecule has 0 heterocycles. The fourth-order valence-electron chi connectivity index (χ4n) is 1.92. The molecule has 1 N–H and O–H groups in total. The van der Waals surface area contributed by atoms with Crippen LogP contribution in [-0.2, 0) is 11.2 Å². The van der Waals surface area contributed by atoms with E-state index in [2.05, 4.69) is 0 Å². The van der Waals surface area contributed by atoms with Crippen LogP contribution in [0.15, 0.2) is 24.3 Å². The van der Waals surface area contributed by atoms with Crippen molar-refractivity contribution in [3.63, 3.8) is 0 Å². The number of rotatable bonds is 2. The summed E-state index contributed by atoms with van der Waals surface area (Å²) in [6.07, 6.45) is 5.03. The molecule has 82 valence electrons. The topological polar surface area (TPSA) is 54.4 Å². The van der Waals surface area contributed by atoms with Crippen LogP contribution in [0.3, 0.4) is 0 Å². The quantitative estimate of drug-likeness (QED) is 0.772. The van der Waals surface area contributed by atoms with E-state index in [9.17, 15) is 9.59 Å². The molecule has 3 nitrogen and oxygen atoms in total. The lowest BCUT2D eigenvalue weighted by Crippen LogP contribution is -2.10. The van der Waals surface area contributed by atoms with Gasteiger partial charge in [0.2, 0.25) is 0 Å². The van der Waals surface area contributed by atoms with Crippen molar-refractivity contribution in [2.24, 2.45) is 0 Å². The van der Waals surface area contributed by atoms with E-state index in [1.165, 1.54) is 6.08 Å². The van der Waals surface area contributed by atoms with Crippen LogP contribution in [0.4, 0.5) is 0 Å². The second kappa shape index (κ2) is 4.31. The summed E-state index contributed by atoms with van der Waals surface area (Å²) in [6, 6.07) is 5.53. The van der Waals surface area contributed by atoms with E-state index in [1.807, 2.05) is 12.1 Å². The summed E-state index contributed by atoms with van der Waals surface area (Å²) >= 11 is 0. The molecule has 0 bridgehead atoms. The van der Waals surface area contributed by atoms with E-state index in [0.29, 0.717) is 6.42 Å². The molecule has 0 saturated heterocycles. The average molecular weight is 216 g/mol. The normalized spacial score (nSPS) is 15.1. The number of carboxylic acids is 1. The highest BCUT2D eigenvalue weighted by Gasteiger charge is 2.16. The summed E-state index contributed by atoms with van der Waals surface area (Å²) in [5.74, 6) is -0.823. The first kappa shape index (κ1) is 10.6. The first-order valence-electron chi connectivity index (χ1n) is 5.24. The number of benzene rings is 1. The Bertz CT molecular complexity index is 472. The zero-order chi connectivity index (χ0) is 11.5. The van der Waals surface area contributed by atoms with Gasteiger partial charge in [-0.3, -0.25) is 4.79 Å². The van der Waals surface area contributed by atoms with E-state index < -0.39 is 5.97 Å². The minimum Gasteiger partial charge on any atom is -0.478 e. The summed E-state index contributed by atoms with van der Waals surface area (Å²) in [6.45, 7) is 0. The monoisotopic (exact) mass is 216 g/mol. The Morgan fingerprint density at radius 1 is 1.31 bits per heavy atom. The number of hydrogen-bond acceptors (Lipinski definition) is 2. The summed E-state index contributed by atoms with van der Waals surface area (Å²) < 4.78 is 0. The van der Waals surface area contributed by atoms with Gasteiger partial charge < -0.3 is 5.11 Å². The van der Waals surface area contributed by atoms with Crippen LogP contribution in [-0.4, -0.2) is 16.9 Å². The summed E-state index contributed by atoms with van der Waals surface area (Å²) in [5, 5.41) is 8.51. The highest BCUT2D eigenvalue weighted by molar-refractivity contribution is 5.99. The van der Waals surface area contributed by atoms with Gasteiger partial charge in [-0.2, -0.15) is 0 Å². The van der Waals surface area contributed by atoms with Crippen molar-refractivity contribution in [1.82, 2.24) is 0 Å². The van der Waals surface area contributed by atoms with E-state index in [4.69, 9.17) is 5.11 Å². The Kier molecular flexibility index (Phi) is 2.86. The van der Waals surface area contributed by atoms with Crippen molar-refractivity contribution in [2.45, 2.75) is 19.3 Å². The lowest BCUT2D eigenvalue weighted by atomic mass is 9.89. The maximum atomic E-state index is 11.6. The van der Waals surface area contributed by atoms with Gasteiger partial charge in [-0.1, -0.05) is 12.1 Å². The van der Waals surface area contributed by atoms with Crippen molar-refractivity contribution in [2.75, 3.05) is 0 Å². The average Bonchev–Trinajstić information content (AvgIpc) is 2.27. The number of hydrogen-bond donors (Lipinski definition) is 1. The van der Waals surface area contributed by atoms with Crippen molar-refractivity contribution in [1.29, 1.82) is 0 Å². The highest BCUT2D eigenvalue weighted by atomic mass is 16.4. The van der Waals surface area contributed by atoms with Gasteiger partial charge in [-0.25, -0.2) is 4.79 Å². The molecular formula is C13H12O3. The molecule has 0 amide bonds. The van der Waals surface area contributed by atoms with Crippen LogP contribution in [0.25, 0.3) is 6.08 Å². The van der Waals surface area contributed by atoms with Gasteiger partial charge in [0.1, 0.15) is 0 Å². The van der Waals surface area contributed by atoms with Gasteiger partial charge >= 0.3 is 5.97 Å². The molecule has 0 radical (unpaired) electrons. The predicted molar refractivity (Wildman–Crippen MR) is 60.4 cm³/mol. The number of carbonyl (C=O) groups is 2. The maximum absolute atomic E-state index is 11.6. The second-order valence-electron chi connectivity index (χ2n) is 3.86. The number of ketones is 1. The first-order valence-corrected chi connectivity index (χ1v) is 5.24. The van der Waals surface area contributed by atoms with Crippen LogP contribution in [0, 0.1) is 0 Å². The standard InChI is InChI=1S/C13H12O3/c14-12-3-1-2-10-6-4-9(8-11(10)12)5-7-13(15)16/h4-8H,1-3H2,(H,15,16). The van der Waals surface area contributed by atoms with Crippen molar-refractivity contribution in [3.8, 4) is 0 Å². The van der Waals surface area contributed by atoms with Crippen LogP contribution in [0.2, 0.25) is 0 Å². The van der Waals surface area contributed by atoms with E-state index in [0.717, 1.165) is 35.6 Å². The third-order valence-electron chi connectivity index (χ3n) is 2.70. The van der Waals surface area contributed by atoms with E-state index in [1.54, 1.807) is 6.07 Å². The van der Waals surface area contributed by atoms with Gasteiger partial charge in [0, 0.05) is 18.1 Å². The zero-order valence-corrected chi connectivity index (χ0v) is 8.77. The largest absolute Gasteiger partial charge is 0.478 e. The highest BCUT2D eigenvalue weighted by Crippen LogP contribution is 2.22. The van der Waals surface area contributed by atoms with Crippen molar-refractivity contribution >= 4 is 17.8 Å². The molecule has 0 saturated carbocycles. The fraction of sp³-hybridized carbons (Fsp3) is 0.231. The molecule has 0 aromatic heterocycles. The molecule has 0 fully saturated rings. The van der Waals surface area contributed by atoms with Gasteiger partial charge in [0.05, 0.1) is 0 Å². The Labute approximate surface area is 93.4 Å².